The van der Waals surface area contributed by atoms with Gasteiger partial charge in [-0.1, -0.05) is 0 Å². The van der Waals surface area contributed by atoms with Gasteiger partial charge in [-0.05, 0) is 19.3 Å². The van der Waals surface area contributed by atoms with Gasteiger partial charge in [-0.2, -0.15) is 0 Å². The summed E-state index contributed by atoms with van der Waals surface area (Å²) in [6.07, 6.45) is 3.05. The van der Waals surface area contributed by atoms with Gasteiger partial charge in [0.05, 0.1) is 5.69 Å². The highest BCUT2D eigenvalue weighted by Gasteiger charge is 2.17. The number of benzene rings is 1. The van der Waals surface area contributed by atoms with Gasteiger partial charge in [-0.25, -0.2) is 13.2 Å². The smallest absolute Gasteiger partial charge is 0.161 e. The fraction of sp³-hybridized carbons (Fsp3) is 0.455. The zero-order valence-electron chi connectivity index (χ0n) is 8.27. The van der Waals surface area contributed by atoms with Gasteiger partial charge in [0, 0.05) is 25.2 Å². The molecule has 82 valence electrons. The van der Waals surface area contributed by atoms with Crippen molar-refractivity contribution in [3.8, 4) is 0 Å². The van der Waals surface area contributed by atoms with Crippen LogP contribution in [0.5, 0.6) is 0 Å². The van der Waals surface area contributed by atoms with Gasteiger partial charge in [0.25, 0.3) is 0 Å². The van der Waals surface area contributed by atoms with E-state index in [-0.39, 0.29) is 5.69 Å². The Labute approximate surface area is 86.5 Å². The lowest BCUT2D eigenvalue weighted by atomic mass is 10.1. The van der Waals surface area contributed by atoms with Crippen LogP contribution in [0.25, 0.3) is 0 Å². The molecule has 0 saturated carbocycles. The first kappa shape index (κ1) is 10.3. The normalized spacial score (nSPS) is 16.9. The Morgan fingerprint density at radius 2 is 1.40 bits per heavy atom. The second kappa shape index (κ2) is 4.13. The van der Waals surface area contributed by atoms with Gasteiger partial charge in [-0.3, -0.25) is 0 Å². The van der Waals surface area contributed by atoms with E-state index in [2.05, 4.69) is 0 Å². The monoisotopic (exact) mass is 215 g/mol. The number of nitrogens with zero attached hydrogens (tertiary/aromatic N) is 1. The molecule has 0 amide bonds. The molecule has 1 saturated heterocycles. The molecule has 0 spiro atoms. The highest BCUT2D eigenvalue weighted by Crippen LogP contribution is 2.25. The van der Waals surface area contributed by atoms with Gasteiger partial charge in [-0.15, -0.1) is 0 Å². The molecule has 0 bridgehead atoms. The Morgan fingerprint density at radius 3 is 2.07 bits per heavy atom. The van der Waals surface area contributed by atoms with Crippen molar-refractivity contribution in [3.63, 3.8) is 0 Å². The molecule has 0 radical (unpaired) electrons. The van der Waals surface area contributed by atoms with Crippen molar-refractivity contribution < 1.29 is 13.2 Å². The third-order valence-electron chi connectivity index (χ3n) is 2.69. The van der Waals surface area contributed by atoms with Crippen LogP contribution in [0.1, 0.15) is 19.3 Å². The van der Waals surface area contributed by atoms with E-state index < -0.39 is 17.5 Å². The van der Waals surface area contributed by atoms with E-state index in [0.29, 0.717) is 19.2 Å². The largest absolute Gasteiger partial charge is 0.369 e. The molecule has 0 atom stereocenters. The van der Waals surface area contributed by atoms with Crippen molar-refractivity contribution in [2.24, 2.45) is 0 Å². The molecule has 1 fully saturated rings. The molecule has 1 aromatic rings. The summed E-state index contributed by atoms with van der Waals surface area (Å²) in [5.41, 5.74) is 0.175. The third kappa shape index (κ3) is 2.08. The Hall–Kier alpha value is -1.19. The first-order chi connectivity index (χ1) is 7.18. The maximum Gasteiger partial charge on any atom is 0.161 e. The average molecular weight is 215 g/mol. The Morgan fingerprint density at radius 1 is 0.800 bits per heavy atom. The Kier molecular flexibility index (Phi) is 2.84. The lowest BCUT2D eigenvalue weighted by Gasteiger charge is -2.29. The molecule has 0 aromatic heterocycles. The van der Waals surface area contributed by atoms with Gasteiger partial charge >= 0.3 is 0 Å². The van der Waals surface area contributed by atoms with Gasteiger partial charge < -0.3 is 4.90 Å². The molecule has 2 rings (SSSR count). The van der Waals surface area contributed by atoms with Crippen LogP contribution in [0.2, 0.25) is 0 Å². The third-order valence-corrected chi connectivity index (χ3v) is 2.69. The highest BCUT2D eigenvalue weighted by molar-refractivity contribution is 5.48. The van der Waals surface area contributed by atoms with E-state index in [1.165, 1.54) is 0 Å². The van der Waals surface area contributed by atoms with Gasteiger partial charge in [0.1, 0.15) is 5.82 Å². The van der Waals surface area contributed by atoms with Gasteiger partial charge in [0.15, 0.2) is 11.6 Å². The lowest BCUT2D eigenvalue weighted by Crippen LogP contribution is -2.30. The van der Waals surface area contributed by atoms with E-state index in [0.717, 1.165) is 25.3 Å². The summed E-state index contributed by atoms with van der Waals surface area (Å²) in [7, 11) is 0. The number of halogens is 3. The number of anilines is 1. The highest BCUT2D eigenvalue weighted by atomic mass is 19.2. The number of piperidine rings is 1. The maximum atomic E-state index is 13.4. The first-order valence-corrected chi connectivity index (χ1v) is 5.08. The standard InChI is InChI=1S/C11H12F3N/c12-8-6-10(14)11(7-9(8)13)15-4-2-1-3-5-15/h6-7H,1-5H2. The summed E-state index contributed by atoms with van der Waals surface area (Å²) in [5.74, 6) is -2.80. The number of hydrogen-bond acceptors (Lipinski definition) is 1. The van der Waals surface area contributed by atoms with Crippen LogP contribution in [-0.2, 0) is 0 Å². The Balaban J connectivity index is 2.30. The molecule has 1 nitrogen and oxygen atoms in total. The molecular weight excluding hydrogens is 203 g/mol. The van der Waals surface area contributed by atoms with Crippen LogP contribution in [0.15, 0.2) is 12.1 Å². The van der Waals surface area contributed by atoms with E-state index >= 15 is 0 Å². The molecule has 15 heavy (non-hydrogen) atoms. The minimum atomic E-state index is -1.13. The van der Waals surface area contributed by atoms with Crippen molar-refractivity contribution >= 4 is 5.69 Å². The van der Waals surface area contributed by atoms with Crippen LogP contribution >= 0.6 is 0 Å². The summed E-state index contributed by atoms with van der Waals surface area (Å²) < 4.78 is 39.0. The van der Waals surface area contributed by atoms with Crippen molar-refractivity contribution in [2.45, 2.75) is 19.3 Å². The SMILES string of the molecule is Fc1cc(F)c(N2CCCCC2)cc1F. The maximum absolute atomic E-state index is 13.4. The van der Waals surface area contributed by atoms with E-state index in [1.807, 2.05) is 0 Å². The molecule has 1 heterocycles. The molecule has 0 N–H and O–H groups in total. The van der Waals surface area contributed by atoms with Gasteiger partial charge in [0.2, 0.25) is 0 Å². The summed E-state index contributed by atoms with van der Waals surface area (Å²) in [6.45, 7) is 1.42. The van der Waals surface area contributed by atoms with Crippen LogP contribution in [-0.4, -0.2) is 13.1 Å². The molecule has 1 aromatic carbocycles. The lowest BCUT2D eigenvalue weighted by molar-refractivity contribution is 0.490. The summed E-state index contributed by atoms with van der Waals surface area (Å²) in [6, 6.07) is 1.55. The van der Waals surface area contributed by atoms with E-state index in [4.69, 9.17) is 0 Å². The number of rotatable bonds is 1. The zero-order valence-corrected chi connectivity index (χ0v) is 8.27. The van der Waals surface area contributed by atoms with E-state index in [1.54, 1.807) is 4.90 Å². The molecule has 0 aliphatic carbocycles. The van der Waals surface area contributed by atoms with Crippen molar-refractivity contribution in [1.82, 2.24) is 0 Å². The number of hydrogen-bond donors (Lipinski definition) is 0. The predicted molar refractivity (Wildman–Crippen MR) is 52.4 cm³/mol. The van der Waals surface area contributed by atoms with Crippen LogP contribution < -0.4 is 4.90 Å². The fourth-order valence-electron chi connectivity index (χ4n) is 1.89. The molecule has 1 aliphatic heterocycles. The van der Waals surface area contributed by atoms with Crippen molar-refractivity contribution in [1.29, 1.82) is 0 Å². The minimum absolute atomic E-state index is 0.175. The zero-order chi connectivity index (χ0) is 10.8. The molecular formula is C11H12F3N. The van der Waals surface area contributed by atoms with Crippen molar-refractivity contribution in [3.05, 3.63) is 29.6 Å². The van der Waals surface area contributed by atoms with Crippen LogP contribution in [0, 0.1) is 17.5 Å². The second-order valence-corrected chi connectivity index (χ2v) is 3.77. The van der Waals surface area contributed by atoms with Crippen LogP contribution in [0.3, 0.4) is 0 Å². The second-order valence-electron chi connectivity index (χ2n) is 3.77. The quantitative estimate of drug-likeness (QED) is 0.651. The Bertz CT molecular complexity index is 359. The first-order valence-electron chi connectivity index (χ1n) is 5.08. The summed E-state index contributed by atoms with van der Waals surface area (Å²) in [4.78, 5) is 1.77. The predicted octanol–water partition coefficient (Wildman–Crippen LogP) is 3.09. The average Bonchev–Trinajstić information content (AvgIpc) is 2.25. The van der Waals surface area contributed by atoms with E-state index in [9.17, 15) is 13.2 Å². The molecule has 0 unspecified atom stereocenters. The summed E-state index contributed by atoms with van der Waals surface area (Å²) >= 11 is 0. The molecule has 1 aliphatic rings. The molecule has 4 heteroatoms. The van der Waals surface area contributed by atoms with Crippen molar-refractivity contribution in [2.75, 3.05) is 18.0 Å². The topological polar surface area (TPSA) is 3.24 Å². The summed E-state index contributed by atoms with van der Waals surface area (Å²) in [5, 5.41) is 0. The fourth-order valence-corrected chi connectivity index (χ4v) is 1.89. The minimum Gasteiger partial charge on any atom is -0.369 e. The van der Waals surface area contributed by atoms with Crippen LogP contribution in [0.4, 0.5) is 18.9 Å².